The zero-order valence-electron chi connectivity index (χ0n) is 47.7. The van der Waals surface area contributed by atoms with Gasteiger partial charge in [0.1, 0.15) is 12.1 Å². The van der Waals surface area contributed by atoms with Crippen molar-refractivity contribution in [2.45, 2.75) is 165 Å². The summed E-state index contributed by atoms with van der Waals surface area (Å²) in [7, 11) is 7.04. The predicted octanol–water partition coefficient (Wildman–Crippen LogP) is 8.60. The fourth-order valence-corrected chi connectivity index (χ4v) is 8.78. The molecular formula is C58H93N7O7. The molecule has 14 nitrogen and oxygen atoms in total. The van der Waals surface area contributed by atoms with E-state index < -0.39 is 51.8 Å². The quantitative estimate of drug-likeness (QED) is 0.0193. The van der Waals surface area contributed by atoms with Crippen LogP contribution in [0.1, 0.15) is 129 Å². The van der Waals surface area contributed by atoms with E-state index in [9.17, 15) is 24.0 Å². The largest absolute Gasteiger partial charge is 0.463 e. The number of amides is 4. The third-order valence-corrected chi connectivity index (χ3v) is 13.2. The standard InChI is InChI=1S/C31H49N3O4.C27H44N4O3/c1-12-38-25(35)19-18-22(4)20-24(21(2)3)34(11)29(37)27(30(5,6)7)33-28(36)26(32-10)31(8,9)23-16-14-13-15-17-23;1-18(2)21(16-19(3)17-29-34)31(10)25(33)23(26(4,5)6)30-24(32)22(28-9)27(7,8)20-14-12-11-13-15-20/h13-21,24,26-27,32H,12H2,1-11H3,(H,33,36);11-18,21-23,28,34H,1-10H3,(H,30,32)/b19-18?,22-20+;19-16+,29-17?/t24-,26-,27-;21-,22-,23-/m11/s1. The van der Waals surface area contributed by atoms with Crippen molar-refractivity contribution >= 4 is 35.8 Å². The molecule has 0 saturated heterocycles. The first-order valence-corrected chi connectivity index (χ1v) is 25.2. The maximum Gasteiger partial charge on any atom is 0.330 e. The van der Waals surface area contributed by atoms with E-state index in [-0.39, 0.29) is 47.5 Å². The summed E-state index contributed by atoms with van der Waals surface area (Å²) in [6, 6.07) is 16.7. The zero-order valence-corrected chi connectivity index (χ0v) is 47.7. The van der Waals surface area contributed by atoms with Crippen molar-refractivity contribution in [3.05, 3.63) is 107 Å². The van der Waals surface area contributed by atoms with Crippen molar-refractivity contribution in [1.82, 2.24) is 31.1 Å². The van der Waals surface area contributed by atoms with Crippen molar-refractivity contribution in [1.29, 1.82) is 0 Å². The molecule has 6 atom stereocenters. The van der Waals surface area contributed by atoms with Gasteiger partial charge < -0.3 is 41.0 Å². The molecule has 4 amide bonds. The number of hydrogen-bond acceptors (Lipinski definition) is 10. The highest BCUT2D eigenvalue weighted by molar-refractivity contribution is 5.92. The van der Waals surface area contributed by atoms with E-state index in [0.717, 1.165) is 22.3 Å². The lowest BCUT2D eigenvalue weighted by Crippen LogP contribution is -2.61. The van der Waals surface area contributed by atoms with Crippen LogP contribution in [0, 0.1) is 22.7 Å². The van der Waals surface area contributed by atoms with Gasteiger partial charge in [-0.15, -0.1) is 0 Å². The van der Waals surface area contributed by atoms with Crippen molar-refractivity contribution in [3.8, 4) is 0 Å². The number of esters is 1. The van der Waals surface area contributed by atoms with Crippen molar-refractivity contribution in [3.63, 3.8) is 0 Å². The molecule has 0 aliphatic rings. The van der Waals surface area contributed by atoms with Crippen molar-refractivity contribution in [2.75, 3.05) is 34.8 Å². The average molecular weight is 1000 g/mol. The molecule has 402 valence electrons. The Balaban J connectivity index is 0.000000724. The van der Waals surface area contributed by atoms with Crippen LogP contribution in [-0.2, 0) is 39.5 Å². The van der Waals surface area contributed by atoms with Gasteiger partial charge in [0, 0.05) is 31.0 Å². The van der Waals surface area contributed by atoms with Crippen LogP contribution in [0.25, 0.3) is 0 Å². The highest BCUT2D eigenvalue weighted by atomic mass is 16.5. The Morgan fingerprint density at radius 1 is 0.597 bits per heavy atom. The van der Waals surface area contributed by atoms with Gasteiger partial charge in [-0.2, -0.15) is 0 Å². The van der Waals surface area contributed by atoms with Crippen LogP contribution in [0.4, 0.5) is 0 Å². The molecule has 0 fully saturated rings. The first-order chi connectivity index (χ1) is 33.2. The first-order valence-electron chi connectivity index (χ1n) is 25.2. The molecule has 0 heterocycles. The number of carbonyl (C=O) groups excluding carboxylic acids is 5. The second-order valence-corrected chi connectivity index (χ2v) is 22.8. The van der Waals surface area contributed by atoms with Gasteiger partial charge in [0.2, 0.25) is 23.6 Å². The Labute approximate surface area is 433 Å². The summed E-state index contributed by atoms with van der Waals surface area (Å²) >= 11 is 0. The lowest BCUT2D eigenvalue weighted by Gasteiger charge is -2.40. The van der Waals surface area contributed by atoms with Crippen LogP contribution in [0.5, 0.6) is 0 Å². The summed E-state index contributed by atoms with van der Waals surface area (Å²) in [6.45, 7) is 33.7. The number of allylic oxidation sites excluding steroid dienone is 3. The fraction of sp³-hybridized carbons (Fsp3) is 0.586. The van der Waals surface area contributed by atoms with E-state index in [2.05, 4.69) is 26.4 Å². The number of likely N-dealkylation sites (N-methyl/N-ethyl adjacent to an activating group) is 4. The SMILES string of the molecule is CCOC(=O)C=C/C(C)=C/[C@H](C(C)C)N(C)C(=O)[C@@H](NC(=O)[C@@H](NC)C(C)(C)c1ccccc1)C(C)(C)C.CN[C@H](C(=O)N[C@H](C(=O)N(C)[C@H](/C=C(\C)C=NO)C(C)C)C(C)(C)C)C(C)(C)c1ccccc1. The zero-order chi connectivity index (χ0) is 55.5. The fourth-order valence-electron chi connectivity index (χ4n) is 8.78. The molecule has 0 bridgehead atoms. The number of hydrogen-bond donors (Lipinski definition) is 5. The van der Waals surface area contributed by atoms with Gasteiger partial charge in [-0.3, -0.25) is 19.2 Å². The van der Waals surface area contributed by atoms with Crippen molar-refractivity contribution in [2.24, 2.45) is 27.8 Å². The maximum atomic E-state index is 13.9. The summed E-state index contributed by atoms with van der Waals surface area (Å²) in [6.07, 6.45) is 8.30. The molecule has 0 aliphatic heterocycles. The van der Waals surface area contributed by atoms with E-state index >= 15 is 0 Å². The van der Waals surface area contributed by atoms with E-state index in [0.29, 0.717) is 6.61 Å². The smallest absolute Gasteiger partial charge is 0.330 e. The van der Waals surface area contributed by atoms with Crippen LogP contribution in [0.2, 0.25) is 0 Å². The van der Waals surface area contributed by atoms with Gasteiger partial charge in [0.25, 0.3) is 0 Å². The number of ether oxygens (including phenoxy) is 1. The number of benzene rings is 2. The normalized spacial score (nSPS) is 15.5. The van der Waals surface area contributed by atoms with Gasteiger partial charge in [-0.25, -0.2) is 4.79 Å². The van der Waals surface area contributed by atoms with Crippen LogP contribution in [0.3, 0.4) is 0 Å². The van der Waals surface area contributed by atoms with Gasteiger partial charge in [0.05, 0.1) is 37.0 Å². The molecule has 0 aromatic heterocycles. The van der Waals surface area contributed by atoms with Crippen LogP contribution < -0.4 is 21.3 Å². The number of nitrogens with one attached hydrogen (secondary N) is 4. The van der Waals surface area contributed by atoms with Gasteiger partial charge >= 0.3 is 5.97 Å². The van der Waals surface area contributed by atoms with E-state index in [1.54, 1.807) is 51.0 Å². The van der Waals surface area contributed by atoms with E-state index in [1.165, 1.54) is 12.3 Å². The van der Waals surface area contributed by atoms with Crippen LogP contribution >= 0.6 is 0 Å². The minimum atomic E-state index is -0.743. The van der Waals surface area contributed by atoms with Gasteiger partial charge in [0.15, 0.2) is 0 Å². The third kappa shape index (κ3) is 18.8. The van der Waals surface area contributed by atoms with Crippen molar-refractivity contribution < 1.29 is 33.9 Å². The molecule has 2 aromatic rings. The molecule has 0 spiro atoms. The second-order valence-electron chi connectivity index (χ2n) is 22.8. The number of carbonyl (C=O) groups is 5. The summed E-state index contributed by atoms with van der Waals surface area (Å²) in [5.74, 6) is -0.972. The van der Waals surface area contributed by atoms with Gasteiger partial charge in [-0.05, 0) is 74.2 Å². The monoisotopic (exact) mass is 1000 g/mol. The Hall–Kier alpha value is -5.60. The number of rotatable bonds is 22. The highest BCUT2D eigenvalue weighted by Crippen LogP contribution is 2.31. The Kier molecular flexibility index (Phi) is 25.6. The molecule has 0 aliphatic carbocycles. The van der Waals surface area contributed by atoms with Gasteiger partial charge in [-0.1, -0.05) is 187 Å². The predicted molar refractivity (Wildman–Crippen MR) is 294 cm³/mol. The Morgan fingerprint density at radius 2 is 0.944 bits per heavy atom. The molecule has 14 heteroatoms. The average Bonchev–Trinajstić information content (AvgIpc) is 3.29. The second kappa shape index (κ2) is 28.6. The molecule has 0 saturated carbocycles. The lowest BCUT2D eigenvalue weighted by molar-refractivity contribution is -0.141. The Morgan fingerprint density at radius 3 is 1.24 bits per heavy atom. The Bertz CT molecular complexity index is 2170. The first kappa shape index (κ1) is 64.4. The third-order valence-electron chi connectivity index (χ3n) is 13.2. The molecule has 0 unspecified atom stereocenters. The molecular weight excluding hydrogens is 907 g/mol. The highest BCUT2D eigenvalue weighted by Gasteiger charge is 2.43. The van der Waals surface area contributed by atoms with Crippen LogP contribution in [0.15, 0.2) is 101 Å². The molecule has 2 rings (SSSR count). The minimum absolute atomic E-state index is 0.105. The van der Waals surface area contributed by atoms with E-state index in [1.807, 2.05) is 184 Å². The van der Waals surface area contributed by atoms with E-state index in [4.69, 9.17) is 9.94 Å². The number of nitrogens with zero attached hydrogens (tertiary/aromatic N) is 3. The van der Waals surface area contributed by atoms with Crippen LogP contribution in [-0.4, -0.2) is 122 Å². The summed E-state index contributed by atoms with van der Waals surface area (Å²) in [5.41, 5.74) is 1.60. The summed E-state index contributed by atoms with van der Waals surface area (Å²) in [4.78, 5) is 69.9. The molecule has 5 N–H and O–H groups in total. The molecule has 72 heavy (non-hydrogen) atoms. The minimum Gasteiger partial charge on any atom is -0.463 e. The summed E-state index contributed by atoms with van der Waals surface area (Å²) in [5, 5.41) is 24.4. The molecule has 0 radical (unpaired) electrons. The number of oxime groups is 1. The summed E-state index contributed by atoms with van der Waals surface area (Å²) < 4.78 is 4.95. The molecule has 2 aromatic carbocycles. The lowest BCUT2D eigenvalue weighted by atomic mass is 9.76. The maximum absolute atomic E-state index is 13.9. The topological polar surface area (TPSA) is 182 Å².